The van der Waals surface area contributed by atoms with Crippen LogP contribution in [0.4, 0.5) is 0 Å². The van der Waals surface area contributed by atoms with Crippen LogP contribution in [0.25, 0.3) is 0 Å². The Morgan fingerprint density at radius 2 is 2.16 bits per heavy atom. The van der Waals surface area contributed by atoms with Crippen molar-refractivity contribution >= 4 is 17.2 Å². The van der Waals surface area contributed by atoms with Gasteiger partial charge in [-0.1, -0.05) is 18.3 Å². The molecule has 1 aromatic heterocycles. The molecule has 5 heteroatoms. The third-order valence-corrected chi connectivity index (χ3v) is 3.78. The molecule has 4 nitrogen and oxygen atoms in total. The minimum atomic E-state index is 0.0406. The molecule has 1 N–H and O–H groups in total. The molecule has 19 heavy (non-hydrogen) atoms. The molecule has 2 rings (SSSR count). The van der Waals surface area contributed by atoms with Crippen LogP contribution in [0.5, 0.6) is 0 Å². The third-order valence-electron chi connectivity index (χ3n) is 3.41. The average Bonchev–Trinajstić information content (AvgIpc) is 2.90. The fourth-order valence-electron chi connectivity index (χ4n) is 2.40. The van der Waals surface area contributed by atoms with Crippen molar-refractivity contribution < 1.29 is 0 Å². The number of nitrogens with one attached hydrogen (secondary N) is 1. The van der Waals surface area contributed by atoms with Gasteiger partial charge in [0, 0.05) is 6.20 Å². The fourth-order valence-corrected chi connectivity index (χ4v) is 2.79. The van der Waals surface area contributed by atoms with Crippen LogP contribution in [-0.4, -0.2) is 53.6 Å². The van der Waals surface area contributed by atoms with Crippen LogP contribution >= 0.6 is 12.2 Å². The van der Waals surface area contributed by atoms with Crippen LogP contribution in [0, 0.1) is 0 Å². The lowest BCUT2D eigenvalue weighted by atomic mass is 10.1. The summed E-state index contributed by atoms with van der Waals surface area (Å²) in [5, 5.41) is 3.38. The standard InChI is InChI=1S/C14H22N4S/c1-17(2)13(12-7-3-4-8-15-12)14(19)16-11-18-9-5-6-10-18/h3-4,7-8,13H,5-6,9-11H2,1-2H3,(H,16,19). The molecule has 0 radical (unpaired) electrons. The molecule has 1 saturated heterocycles. The van der Waals surface area contributed by atoms with Gasteiger partial charge in [0.05, 0.1) is 17.4 Å². The van der Waals surface area contributed by atoms with Gasteiger partial charge < -0.3 is 5.32 Å². The van der Waals surface area contributed by atoms with Crippen molar-refractivity contribution in [3.05, 3.63) is 30.1 Å². The molecule has 0 amide bonds. The molecule has 2 heterocycles. The van der Waals surface area contributed by atoms with E-state index in [4.69, 9.17) is 12.2 Å². The van der Waals surface area contributed by atoms with Gasteiger partial charge >= 0.3 is 0 Å². The normalized spacial score (nSPS) is 17.6. The van der Waals surface area contributed by atoms with Gasteiger partial charge in [-0.2, -0.15) is 0 Å². The van der Waals surface area contributed by atoms with E-state index in [1.807, 2.05) is 38.5 Å². The first-order valence-corrected chi connectivity index (χ1v) is 7.17. The maximum absolute atomic E-state index is 5.55. The molecule has 1 atom stereocenters. The average molecular weight is 278 g/mol. The maximum Gasteiger partial charge on any atom is 0.103 e. The first-order chi connectivity index (χ1) is 9.18. The molecule has 1 aliphatic heterocycles. The maximum atomic E-state index is 5.55. The predicted molar refractivity (Wildman–Crippen MR) is 82.1 cm³/mol. The number of hydrogen-bond acceptors (Lipinski definition) is 4. The smallest absolute Gasteiger partial charge is 0.103 e. The molecule has 1 aromatic rings. The summed E-state index contributed by atoms with van der Waals surface area (Å²) < 4.78 is 0. The van der Waals surface area contributed by atoms with Crippen molar-refractivity contribution in [3.63, 3.8) is 0 Å². The summed E-state index contributed by atoms with van der Waals surface area (Å²) in [6, 6.07) is 5.99. The number of thiocarbonyl (C=S) groups is 1. The van der Waals surface area contributed by atoms with Gasteiger partial charge in [-0.25, -0.2) is 0 Å². The number of pyridine rings is 1. The summed E-state index contributed by atoms with van der Waals surface area (Å²) in [6.45, 7) is 3.19. The Balaban J connectivity index is 1.96. The highest BCUT2D eigenvalue weighted by Gasteiger charge is 2.21. The molecular weight excluding hydrogens is 256 g/mol. The Labute approximate surface area is 120 Å². The van der Waals surface area contributed by atoms with Gasteiger partial charge in [-0.3, -0.25) is 14.8 Å². The number of likely N-dealkylation sites (tertiary alicyclic amines) is 1. The lowest BCUT2D eigenvalue weighted by molar-refractivity contribution is 0.320. The van der Waals surface area contributed by atoms with Crippen molar-refractivity contribution in [3.8, 4) is 0 Å². The topological polar surface area (TPSA) is 31.4 Å². The van der Waals surface area contributed by atoms with E-state index in [0.717, 1.165) is 17.4 Å². The number of aromatic nitrogens is 1. The Kier molecular flexibility index (Phi) is 5.24. The van der Waals surface area contributed by atoms with Gasteiger partial charge in [-0.15, -0.1) is 0 Å². The van der Waals surface area contributed by atoms with Crippen molar-refractivity contribution in [1.82, 2.24) is 20.1 Å². The van der Waals surface area contributed by atoms with Gasteiger partial charge in [0.2, 0.25) is 0 Å². The highest BCUT2D eigenvalue weighted by molar-refractivity contribution is 7.80. The lowest BCUT2D eigenvalue weighted by Gasteiger charge is -2.26. The zero-order valence-electron chi connectivity index (χ0n) is 11.7. The van der Waals surface area contributed by atoms with Crippen LogP contribution in [0.3, 0.4) is 0 Å². The van der Waals surface area contributed by atoms with Crippen LogP contribution in [0.1, 0.15) is 24.6 Å². The minimum absolute atomic E-state index is 0.0406. The highest BCUT2D eigenvalue weighted by atomic mass is 32.1. The number of rotatable bonds is 5. The molecule has 0 aliphatic carbocycles. The van der Waals surface area contributed by atoms with Crippen LogP contribution in [0.15, 0.2) is 24.4 Å². The Bertz CT molecular complexity index is 401. The summed E-state index contributed by atoms with van der Waals surface area (Å²) in [4.78, 5) is 9.76. The summed E-state index contributed by atoms with van der Waals surface area (Å²) in [5.41, 5.74) is 0.992. The second kappa shape index (κ2) is 6.93. The Morgan fingerprint density at radius 3 is 2.74 bits per heavy atom. The van der Waals surface area contributed by atoms with Crippen LogP contribution < -0.4 is 5.32 Å². The molecule has 1 fully saturated rings. The minimum Gasteiger partial charge on any atom is -0.365 e. The number of nitrogens with zero attached hydrogens (tertiary/aromatic N) is 3. The summed E-state index contributed by atoms with van der Waals surface area (Å²) >= 11 is 5.55. The van der Waals surface area contributed by atoms with E-state index < -0.39 is 0 Å². The first-order valence-electron chi connectivity index (χ1n) is 6.76. The monoisotopic (exact) mass is 278 g/mol. The zero-order valence-corrected chi connectivity index (χ0v) is 12.5. The molecule has 0 bridgehead atoms. The largest absolute Gasteiger partial charge is 0.365 e. The van der Waals surface area contributed by atoms with E-state index in [1.54, 1.807) is 0 Å². The SMILES string of the molecule is CN(C)C(C(=S)NCN1CCCC1)c1ccccn1. The van der Waals surface area contributed by atoms with E-state index in [1.165, 1.54) is 25.9 Å². The molecule has 104 valence electrons. The molecule has 0 aromatic carbocycles. The second-order valence-corrected chi connectivity index (χ2v) is 5.58. The zero-order chi connectivity index (χ0) is 13.7. The molecule has 1 unspecified atom stereocenters. The van der Waals surface area contributed by atoms with Gasteiger partial charge in [0.15, 0.2) is 0 Å². The molecule has 0 saturated carbocycles. The van der Waals surface area contributed by atoms with E-state index in [-0.39, 0.29) is 6.04 Å². The predicted octanol–water partition coefficient (Wildman–Crippen LogP) is 1.65. The quantitative estimate of drug-likeness (QED) is 0.828. The van der Waals surface area contributed by atoms with Crippen LogP contribution in [0.2, 0.25) is 0 Å². The van der Waals surface area contributed by atoms with Crippen molar-refractivity contribution in [2.24, 2.45) is 0 Å². The second-order valence-electron chi connectivity index (χ2n) is 5.15. The van der Waals surface area contributed by atoms with Crippen LogP contribution in [-0.2, 0) is 0 Å². The summed E-state index contributed by atoms with van der Waals surface area (Å²) in [6.07, 6.45) is 4.41. The van der Waals surface area contributed by atoms with E-state index in [2.05, 4.69) is 20.1 Å². The van der Waals surface area contributed by atoms with Crippen molar-refractivity contribution in [1.29, 1.82) is 0 Å². The van der Waals surface area contributed by atoms with Crippen molar-refractivity contribution in [2.75, 3.05) is 33.9 Å². The van der Waals surface area contributed by atoms with E-state index in [9.17, 15) is 0 Å². The van der Waals surface area contributed by atoms with E-state index in [0.29, 0.717) is 0 Å². The number of hydrogen-bond donors (Lipinski definition) is 1. The first kappa shape index (κ1) is 14.4. The third kappa shape index (κ3) is 3.96. The molecule has 0 spiro atoms. The highest BCUT2D eigenvalue weighted by Crippen LogP contribution is 2.16. The molecule has 1 aliphatic rings. The van der Waals surface area contributed by atoms with E-state index >= 15 is 0 Å². The Hall–Kier alpha value is -1.04. The van der Waals surface area contributed by atoms with Gasteiger partial charge in [0.25, 0.3) is 0 Å². The number of likely N-dealkylation sites (N-methyl/N-ethyl adjacent to an activating group) is 1. The Morgan fingerprint density at radius 1 is 1.42 bits per heavy atom. The summed E-state index contributed by atoms with van der Waals surface area (Å²) in [7, 11) is 4.06. The fraction of sp³-hybridized carbons (Fsp3) is 0.571. The molecular formula is C14H22N4S. The lowest BCUT2D eigenvalue weighted by Crippen LogP contribution is -2.41. The van der Waals surface area contributed by atoms with Gasteiger partial charge in [-0.05, 0) is 52.2 Å². The van der Waals surface area contributed by atoms with Gasteiger partial charge in [0.1, 0.15) is 6.04 Å². The van der Waals surface area contributed by atoms with Crippen molar-refractivity contribution in [2.45, 2.75) is 18.9 Å². The summed E-state index contributed by atoms with van der Waals surface area (Å²) in [5.74, 6) is 0.